The number of unbranched alkanes of at least 4 members (excludes halogenated alkanes) is 1. The van der Waals surface area contributed by atoms with Crippen molar-refractivity contribution in [2.75, 3.05) is 6.54 Å². The molecule has 30 heavy (non-hydrogen) atoms. The third-order valence-corrected chi connectivity index (χ3v) is 5.81. The van der Waals surface area contributed by atoms with E-state index >= 15 is 0 Å². The van der Waals surface area contributed by atoms with Crippen molar-refractivity contribution in [1.82, 2.24) is 10.2 Å². The predicted octanol–water partition coefficient (Wildman–Crippen LogP) is 5.22. The van der Waals surface area contributed by atoms with Crippen LogP contribution in [0.2, 0.25) is 5.02 Å². The van der Waals surface area contributed by atoms with E-state index in [-0.39, 0.29) is 18.2 Å². The second-order valence-electron chi connectivity index (χ2n) is 7.78. The van der Waals surface area contributed by atoms with Gasteiger partial charge >= 0.3 is 0 Å². The molecular formula is C25H33ClN2O2. The number of carbonyl (C=O) groups is 2. The third kappa shape index (κ3) is 6.60. The molecular weight excluding hydrogens is 396 g/mol. The highest BCUT2D eigenvalue weighted by molar-refractivity contribution is 6.31. The van der Waals surface area contributed by atoms with Crippen LogP contribution in [0, 0.1) is 13.8 Å². The molecule has 4 nitrogen and oxygen atoms in total. The molecule has 0 saturated heterocycles. The molecule has 0 radical (unpaired) electrons. The Balaban J connectivity index is 2.28. The Morgan fingerprint density at radius 3 is 2.43 bits per heavy atom. The van der Waals surface area contributed by atoms with Crippen molar-refractivity contribution in [1.29, 1.82) is 0 Å². The topological polar surface area (TPSA) is 49.4 Å². The fourth-order valence-electron chi connectivity index (χ4n) is 3.43. The minimum Gasteiger partial charge on any atom is -0.354 e. The van der Waals surface area contributed by atoms with Crippen molar-refractivity contribution in [2.24, 2.45) is 0 Å². The van der Waals surface area contributed by atoms with Crippen LogP contribution in [0.15, 0.2) is 42.5 Å². The third-order valence-electron chi connectivity index (χ3n) is 5.44. The molecule has 1 N–H and O–H groups in total. The smallest absolute Gasteiger partial charge is 0.242 e. The van der Waals surface area contributed by atoms with Crippen LogP contribution < -0.4 is 5.32 Å². The molecule has 0 spiro atoms. The lowest BCUT2D eigenvalue weighted by Crippen LogP contribution is -2.49. The van der Waals surface area contributed by atoms with Crippen LogP contribution in [0.4, 0.5) is 0 Å². The summed E-state index contributed by atoms with van der Waals surface area (Å²) in [4.78, 5) is 27.9. The maximum atomic E-state index is 13.4. The molecule has 2 rings (SSSR count). The van der Waals surface area contributed by atoms with E-state index in [4.69, 9.17) is 11.6 Å². The normalized spacial score (nSPS) is 11.8. The van der Waals surface area contributed by atoms with Gasteiger partial charge in [0, 0.05) is 18.1 Å². The number of nitrogens with one attached hydrogen (secondary N) is 1. The summed E-state index contributed by atoms with van der Waals surface area (Å²) in [5, 5.41) is 3.58. The monoisotopic (exact) mass is 428 g/mol. The quantitative estimate of drug-likeness (QED) is 0.527. The Labute approximate surface area is 185 Å². The van der Waals surface area contributed by atoms with E-state index in [0.29, 0.717) is 24.5 Å². The zero-order valence-corrected chi connectivity index (χ0v) is 19.3. The average molecular weight is 429 g/mol. The van der Waals surface area contributed by atoms with Crippen LogP contribution in [0.5, 0.6) is 0 Å². The highest BCUT2D eigenvalue weighted by Crippen LogP contribution is 2.21. The first-order chi connectivity index (χ1) is 14.4. The lowest BCUT2D eigenvalue weighted by molar-refractivity contribution is -0.140. The molecule has 0 bridgehead atoms. The van der Waals surface area contributed by atoms with Crippen LogP contribution in [0.3, 0.4) is 0 Å². The summed E-state index contributed by atoms with van der Waals surface area (Å²) < 4.78 is 0. The summed E-state index contributed by atoms with van der Waals surface area (Å²) in [7, 11) is 0. The largest absolute Gasteiger partial charge is 0.354 e. The van der Waals surface area contributed by atoms with E-state index in [0.717, 1.165) is 29.5 Å². The number of hydrogen-bond donors (Lipinski definition) is 1. The van der Waals surface area contributed by atoms with Crippen molar-refractivity contribution in [3.8, 4) is 0 Å². The van der Waals surface area contributed by atoms with Crippen molar-refractivity contribution in [3.05, 3.63) is 69.7 Å². The van der Waals surface area contributed by atoms with Crippen LogP contribution >= 0.6 is 11.6 Å². The van der Waals surface area contributed by atoms with Crippen LogP contribution in [0.25, 0.3) is 0 Å². The summed E-state index contributed by atoms with van der Waals surface area (Å²) in [5.74, 6) is -0.179. The molecule has 0 aliphatic heterocycles. The molecule has 0 saturated carbocycles. The second kappa shape index (κ2) is 11.8. The van der Waals surface area contributed by atoms with Gasteiger partial charge in [-0.1, -0.05) is 68.3 Å². The van der Waals surface area contributed by atoms with Gasteiger partial charge in [0.2, 0.25) is 11.8 Å². The Hall–Kier alpha value is -2.33. The zero-order valence-electron chi connectivity index (χ0n) is 18.5. The van der Waals surface area contributed by atoms with Gasteiger partial charge in [-0.2, -0.15) is 0 Å². The summed E-state index contributed by atoms with van der Waals surface area (Å²) in [6.45, 7) is 9.05. The Morgan fingerprint density at radius 1 is 1.07 bits per heavy atom. The molecule has 1 atom stereocenters. The van der Waals surface area contributed by atoms with Crippen LogP contribution in [0.1, 0.15) is 55.4 Å². The van der Waals surface area contributed by atoms with Gasteiger partial charge in [-0.15, -0.1) is 0 Å². The Bertz CT molecular complexity index is 866. The van der Waals surface area contributed by atoms with Gasteiger partial charge in [-0.3, -0.25) is 9.59 Å². The summed E-state index contributed by atoms with van der Waals surface area (Å²) in [5.41, 5.74) is 4.14. The number of rotatable bonds is 10. The second-order valence-corrected chi connectivity index (χ2v) is 8.18. The van der Waals surface area contributed by atoms with Crippen molar-refractivity contribution < 1.29 is 9.59 Å². The van der Waals surface area contributed by atoms with Gasteiger partial charge in [-0.05, 0) is 55.0 Å². The number of carbonyl (C=O) groups excluding carboxylic acids is 2. The average Bonchev–Trinajstić information content (AvgIpc) is 2.72. The van der Waals surface area contributed by atoms with E-state index < -0.39 is 6.04 Å². The zero-order chi connectivity index (χ0) is 22.1. The van der Waals surface area contributed by atoms with Gasteiger partial charge < -0.3 is 10.2 Å². The highest BCUT2D eigenvalue weighted by Gasteiger charge is 2.29. The van der Waals surface area contributed by atoms with Gasteiger partial charge in [0.1, 0.15) is 6.04 Å². The van der Waals surface area contributed by atoms with E-state index in [2.05, 4.69) is 19.2 Å². The molecule has 5 heteroatoms. The minimum absolute atomic E-state index is 0.0735. The summed E-state index contributed by atoms with van der Waals surface area (Å²) >= 11 is 6.36. The van der Waals surface area contributed by atoms with Gasteiger partial charge in [0.25, 0.3) is 0 Å². The van der Waals surface area contributed by atoms with Gasteiger partial charge in [0.15, 0.2) is 0 Å². The molecule has 0 aliphatic carbocycles. The molecule has 0 aliphatic rings. The lowest BCUT2D eigenvalue weighted by atomic mass is 10.0. The van der Waals surface area contributed by atoms with Crippen molar-refractivity contribution in [2.45, 2.75) is 66.0 Å². The van der Waals surface area contributed by atoms with E-state index in [1.165, 1.54) is 5.56 Å². The Kier molecular flexibility index (Phi) is 9.38. The predicted molar refractivity (Wildman–Crippen MR) is 124 cm³/mol. The maximum absolute atomic E-state index is 13.4. The molecule has 2 aromatic carbocycles. The highest BCUT2D eigenvalue weighted by atomic mass is 35.5. The van der Waals surface area contributed by atoms with E-state index in [1.807, 2.05) is 56.3 Å². The minimum atomic E-state index is -0.530. The maximum Gasteiger partial charge on any atom is 0.242 e. The van der Waals surface area contributed by atoms with E-state index in [1.54, 1.807) is 4.90 Å². The van der Waals surface area contributed by atoms with Crippen molar-refractivity contribution in [3.63, 3.8) is 0 Å². The molecule has 0 aromatic heterocycles. The first-order valence-corrected chi connectivity index (χ1v) is 11.1. The van der Waals surface area contributed by atoms with Crippen LogP contribution in [-0.2, 0) is 22.6 Å². The fourth-order valence-corrected chi connectivity index (χ4v) is 3.62. The van der Waals surface area contributed by atoms with E-state index in [9.17, 15) is 9.59 Å². The molecule has 0 fully saturated rings. The lowest BCUT2D eigenvalue weighted by Gasteiger charge is -2.31. The first kappa shape index (κ1) is 23.9. The standard InChI is InChI=1S/C25H33ClN2O2/c1-5-7-14-27-25(30)23(6-2)28(17-21-10-8-9-11-22(21)26)24(29)16-20-13-12-18(3)19(4)15-20/h8-13,15,23H,5-7,14,16-17H2,1-4H3,(H,27,30)/t23-/m1/s1. The van der Waals surface area contributed by atoms with Gasteiger partial charge in [-0.25, -0.2) is 0 Å². The van der Waals surface area contributed by atoms with Crippen LogP contribution in [-0.4, -0.2) is 29.3 Å². The fraction of sp³-hybridized carbons (Fsp3) is 0.440. The number of nitrogens with zero attached hydrogens (tertiary/aromatic N) is 1. The number of halogens is 1. The first-order valence-electron chi connectivity index (χ1n) is 10.7. The number of aryl methyl sites for hydroxylation is 2. The van der Waals surface area contributed by atoms with Crippen molar-refractivity contribution >= 4 is 23.4 Å². The summed E-state index contributed by atoms with van der Waals surface area (Å²) in [6, 6.07) is 13.0. The molecule has 0 unspecified atom stereocenters. The Morgan fingerprint density at radius 2 is 1.80 bits per heavy atom. The number of hydrogen-bond acceptors (Lipinski definition) is 2. The SMILES string of the molecule is CCCCNC(=O)[C@@H](CC)N(Cc1ccccc1Cl)C(=O)Cc1ccc(C)c(C)c1. The van der Waals surface area contributed by atoms with Gasteiger partial charge in [0.05, 0.1) is 6.42 Å². The molecule has 162 valence electrons. The number of amides is 2. The molecule has 2 amide bonds. The number of benzene rings is 2. The molecule has 2 aromatic rings. The summed E-state index contributed by atoms with van der Waals surface area (Å²) in [6.07, 6.45) is 2.72. The molecule has 0 heterocycles.